The fourth-order valence-electron chi connectivity index (χ4n) is 2.60. The Morgan fingerprint density at radius 3 is 3.12 bits per heavy atom. The highest BCUT2D eigenvalue weighted by Crippen LogP contribution is 2.31. The summed E-state index contributed by atoms with van der Waals surface area (Å²) in [5.41, 5.74) is 1.34. The molecule has 17 heavy (non-hydrogen) atoms. The number of hydrogen-bond acceptors (Lipinski definition) is 3. The van der Waals surface area contributed by atoms with Gasteiger partial charge in [-0.15, -0.1) is 0 Å². The lowest BCUT2D eigenvalue weighted by Crippen LogP contribution is -2.24. The first kappa shape index (κ1) is 12.1. The zero-order valence-corrected chi connectivity index (χ0v) is 10.5. The minimum atomic E-state index is 0.547. The van der Waals surface area contributed by atoms with Gasteiger partial charge in [-0.1, -0.05) is 0 Å². The minimum Gasteiger partial charge on any atom is -0.296 e. The third-order valence-electron chi connectivity index (χ3n) is 3.46. The molecule has 0 unspecified atom stereocenters. The summed E-state index contributed by atoms with van der Waals surface area (Å²) in [6, 6.07) is 2.75. The molecule has 2 heterocycles. The van der Waals surface area contributed by atoms with Gasteiger partial charge < -0.3 is 0 Å². The molecule has 0 radical (unpaired) electrons. The summed E-state index contributed by atoms with van der Waals surface area (Å²) in [6.07, 6.45) is 9.46. The van der Waals surface area contributed by atoms with Crippen LogP contribution in [0.1, 0.15) is 43.7 Å². The van der Waals surface area contributed by atoms with E-state index >= 15 is 0 Å². The molecule has 4 heteroatoms. The second-order valence-corrected chi connectivity index (χ2v) is 4.76. The molecule has 0 spiro atoms. The number of hydrogen-bond donors (Lipinski definition) is 0. The number of nitriles is 1. The summed E-state index contributed by atoms with van der Waals surface area (Å²) in [7, 11) is 1.97. The highest BCUT2D eigenvalue weighted by atomic mass is 15.3. The largest absolute Gasteiger partial charge is 0.296 e. The fourth-order valence-corrected chi connectivity index (χ4v) is 2.60. The van der Waals surface area contributed by atoms with Crippen LogP contribution in [0.3, 0.4) is 0 Å². The van der Waals surface area contributed by atoms with Crippen molar-refractivity contribution >= 4 is 0 Å². The van der Waals surface area contributed by atoms with Crippen LogP contribution < -0.4 is 0 Å². The maximum absolute atomic E-state index is 8.52. The zero-order valence-electron chi connectivity index (χ0n) is 10.5. The van der Waals surface area contributed by atoms with Gasteiger partial charge in [-0.2, -0.15) is 10.4 Å². The molecule has 1 atom stereocenters. The SMILES string of the molecule is Cn1cc([C@H]2CCCN2CCCCC#N)cn1. The Balaban J connectivity index is 1.87. The molecule has 4 nitrogen and oxygen atoms in total. The Bertz CT molecular complexity index is 390. The molecule has 1 aromatic rings. The van der Waals surface area contributed by atoms with Gasteiger partial charge in [0.05, 0.1) is 12.3 Å². The van der Waals surface area contributed by atoms with Gasteiger partial charge >= 0.3 is 0 Å². The fraction of sp³-hybridized carbons (Fsp3) is 0.692. The summed E-state index contributed by atoms with van der Waals surface area (Å²) < 4.78 is 1.88. The quantitative estimate of drug-likeness (QED) is 0.731. The highest BCUT2D eigenvalue weighted by molar-refractivity contribution is 5.12. The van der Waals surface area contributed by atoms with Gasteiger partial charge in [0.25, 0.3) is 0 Å². The summed E-state index contributed by atoms with van der Waals surface area (Å²) in [6.45, 7) is 2.30. The van der Waals surface area contributed by atoms with Crippen molar-refractivity contribution in [3.63, 3.8) is 0 Å². The third-order valence-corrected chi connectivity index (χ3v) is 3.46. The zero-order chi connectivity index (χ0) is 12.1. The molecule has 0 N–H and O–H groups in total. The Hall–Kier alpha value is -1.34. The van der Waals surface area contributed by atoms with Crippen LogP contribution in [0, 0.1) is 11.3 Å². The molecule has 0 saturated carbocycles. The third kappa shape index (κ3) is 3.07. The monoisotopic (exact) mass is 232 g/mol. The summed E-state index contributed by atoms with van der Waals surface area (Å²) in [5, 5.41) is 12.8. The van der Waals surface area contributed by atoms with Crippen molar-refractivity contribution in [2.24, 2.45) is 7.05 Å². The molecule has 0 aliphatic carbocycles. The van der Waals surface area contributed by atoms with Gasteiger partial charge in [0.15, 0.2) is 0 Å². The summed E-state index contributed by atoms with van der Waals surface area (Å²) in [4.78, 5) is 2.54. The van der Waals surface area contributed by atoms with Crippen molar-refractivity contribution in [2.75, 3.05) is 13.1 Å². The smallest absolute Gasteiger partial charge is 0.0621 e. The molecular formula is C13H20N4. The average Bonchev–Trinajstić information content (AvgIpc) is 2.93. The van der Waals surface area contributed by atoms with E-state index in [9.17, 15) is 0 Å². The van der Waals surface area contributed by atoms with Gasteiger partial charge in [0.1, 0.15) is 0 Å². The van der Waals surface area contributed by atoms with Crippen LogP contribution in [-0.4, -0.2) is 27.8 Å². The van der Waals surface area contributed by atoms with Gasteiger partial charge in [-0.3, -0.25) is 9.58 Å². The molecular weight excluding hydrogens is 212 g/mol. The normalized spacial score (nSPS) is 20.6. The number of likely N-dealkylation sites (tertiary alicyclic amines) is 1. The van der Waals surface area contributed by atoms with Gasteiger partial charge in [0.2, 0.25) is 0 Å². The first-order chi connectivity index (χ1) is 8.31. The van der Waals surface area contributed by atoms with Crippen LogP contribution in [-0.2, 0) is 7.05 Å². The Morgan fingerprint density at radius 1 is 1.53 bits per heavy atom. The maximum atomic E-state index is 8.52. The lowest BCUT2D eigenvalue weighted by atomic mass is 10.1. The van der Waals surface area contributed by atoms with Crippen LogP contribution in [0.15, 0.2) is 12.4 Å². The number of unbranched alkanes of at least 4 members (excludes halogenated alkanes) is 2. The van der Waals surface area contributed by atoms with E-state index in [0.717, 1.165) is 19.4 Å². The van der Waals surface area contributed by atoms with E-state index in [2.05, 4.69) is 22.3 Å². The number of nitrogens with zero attached hydrogens (tertiary/aromatic N) is 4. The van der Waals surface area contributed by atoms with Crippen molar-refractivity contribution in [2.45, 2.75) is 38.1 Å². The lowest BCUT2D eigenvalue weighted by molar-refractivity contribution is 0.252. The van der Waals surface area contributed by atoms with Gasteiger partial charge in [-0.25, -0.2) is 0 Å². The van der Waals surface area contributed by atoms with E-state index in [1.165, 1.54) is 24.9 Å². The number of rotatable bonds is 5. The maximum Gasteiger partial charge on any atom is 0.0621 e. The topological polar surface area (TPSA) is 44.9 Å². The van der Waals surface area contributed by atoms with Gasteiger partial charge in [0, 0.05) is 31.3 Å². The van der Waals surface area contributed by atoms with E-state index in [-0.39, 0.29) is 0 Å². The Labute approximate surface area is 103 Å². The van der Waals surface area contributed by atoms with Crippen LogP contribution in [0.5, 0.6) is 0 Å². The number of aromatic nitrogens is 2. The van der Waals surface area contributed by atoms with E-state index in [1.54, 1.807) is 0 Å². The molecule has 1 aromatic heterocycles. The molecule has 0 aromatic carbocycles. The molecule has 1 aliphatic heterocycles. The van der Waals surface area contributed by atoms with Crippen LogP contribution in [0.4, 0.5) is 0 Å². The second kappa shape index (κ2) is 5.83. The van der Waals surface area contributed by atoms with Crippen LogP contribution >= 0.6 is 0 Å². The lowest BCUT2D eigenvalue weighted by Gasteiger charge is -2.23. The summed E-state index contributed by atoms with van der Waals surface area (Å²) >= 11 is 0. The van der Waals surface area contributed by atoms with Crippen molar-refractivity contribution in [3.8, 4) is 6.07 Å². The van der Waals surface area contributed by atoms with Crippen molar-refractivity contribution in [1.82, 2.24) is 14.7 Å². The van der Waals surface area contributed by atoms with Crippen molar-refractivity contribution < 1.29 is 0 Å². The molecule has 1 aliphatic rings. The first-order valence-corrected chi connectivity index (χ1v) is 6.41. The standard InChI is InChI=1S/C13H20N4/c1-16-11-12(10-15-16)13-6-5-9-17(13)8-4-2-3-7-14/h10-11,13H,2-6,8-9H2,1H3/t13-/m1/s1. The van der Waals surface area contributed by atoms with Crippen LogP contribution in [0.2, 0.25) is 0 Å². The van der Waals surface area contributed by atoms with Crippen molar-refractivity contribution in [1.29, 1.82) is 5.26 Å². The molecule has 92 valence electrons. The minimum absolute atomic E-state index is 0.547. The van der Waals surface area contributed by atoms with E-state index in [1.807, 2.05) is 17.9 Å². The summed E-state index contributed by atoms with van der Waals surface area (Å²) in [5.74, 6) is 0. The predicted octanol–water partition coefficient (Wildman–Crippen LogP) is 2.25. The molecule has 0 amide bonds. The van der Waals surface area contributed by atoms with E-state index < -0.39 is 0 Å². The van der Waals surface area contributed by atoms with Crippen molar-refractivity contribution in [3.05, 3.63) is 18.0 Å². The van der Waals surface area contributed by atoms with E-state index in [0.29, 0.717) is 12.5 Å². The van der Waals surface area contributed by atoms with Gasteiger partial charge in [-0.05, 0) is 38.8 Å². The molecule has 0 bridgehead atoms. The molecule has 2 rings (SSSR count). The molecule has 1 saturated heterocycles. The Kier molecular flexibility index (Phi) is 4.16. The van der Waals surface area contributed by atoms with Crippen LogP contribution in [0.25, 0.3) is 0 Å². The average molecular weight is 232 g/mol. The highest BCUT2D eigenvalue weighted by Gasteiger charge is 2.26. The first-order valence-electron chi connectivity index (χ1n) is 6.41. The van der Waals surface area contributed by atoms with E-state index in [4.69, 9.17) is 5.26 Å². The predicted molar refractivity (Wildman–Crippen MR) is 66.2 cm³/mol. The number of aryl methyl sites for hydroxylation is 1. The Morgan fingerprint density at radius 2 is 2.41 bits per heavy atom. The molecule has 1 fully saturated rings. The second-order valence-electron chi connectivity index (χ2n) is 4.76.